The van der Waals surface area contributed by atoms with Crippen molar-refractivity contribution in [2.45, 2.75) is 32.2 Å². The van der Waals surface area contributed by atoms with Crippen LogP contribution in [-0.2, 0) is 0 Å². The average molecular weight is 264 g/mol. The maximum absolute atomic E-state index is 11.9. The molecule has 0 bridgehead atoms. The lowest BCUT2D eigenvalue weighted by Crippen LogP contribution is -2.17. The number of pyridine rings is 1. The van der Waals surface area contributed by atoms with Crippen LogP contribution in [0.4, 0.5) is 19.0 Å². The fourth-order valence-electron chi connectivity index (χ4n) is 1.29. The summed E-state index contributed by atoms with van der Waals surface area (Å²) in [7, 11) is 0. The third kappa shape index (κ3) is 6.29. The number of ether oxygens (including phenoxy) is 1. The van der Waals surface area contributed by atoms with Gasteiger partial charge in [-0.25, -0.2) is 4.98 Å². The summed E-state index contributed by atoms with van der Waals surface area (Å²) in [5.41, 5.74) is 0. The lowest BCUT2D eigenvalue weighted by atomic mass is 10.2. The van der Waals surface area contributed by atoms with Crippen LogP contribution in [0.2, 0.25) is 0 Å². The van der Waals surface area contributed by atoms with Crippen LogP contribution in [0.3, 0.4) is 0 Å². The van der Waals surface area contributed by atoms with E-state index in [-0.39, 0.29) is 11.9 Å². The summed E-state index contributed by atoms with van der Waals surface area (Å²) in [6.07, 6.45) is -2.65. The van der Waals surface area contributed by atoms with E-state index in [0.717, 1.165) is 12.6 Å². The molecule has 18 heavy (non-hydrogen) atoms. The highest BCUT2D eigenvalue weighted by Crippen LogP contribution is 2.22. The van der Waals surface area contributed by atoms with Gasteiger partial charge in [0, 0.05) is 6.54 Å². The summed E-state index contributed by atoms with van der Waals surface area (Å²) in [5, 5.41) is 12.0. The van der Waals surface area contributed by atoms with Crippen LogP contribution >= 0.6 is 0 Å². The Morgan fingerprint density at radius 2 is 2.17 bits per heavy atom. The number of hydrogen-bond donors (Lipinski definition) is 2. The molecule has 0 saturated carbocycles. The number of hydrogen-bond acceptors (Lipinski definition) is 4. The quantitative estimate of drug-likeness (QED) is 0.775. The van der Waals surface area contributed by atoms with Crippen molar-refractivity contribution < 1.29 is 23.0 Å². The molecule has 1 atom stereocenters. The SMILES string of the molecule is CC(O)CCCNc1ccc(OC(F)(F)F)cn1. The van der Waals surface area contributed by atoms with E-state index in [9.17, 15) is 13.2 Å². The van der Waals surface area contributed by atoms with Crippen molar-refractivity contribution in [3.05, 3.63) is 18.3 Å². The summed E-state index contributed by atoms with van der Waals surface area (Å²) in [4.78, 5) is 3.78. The average Bonchev–Trinajstić information content (AvgIpc) is 2.24. The van der Waals surface area contributed by atoms with Crippen molar-refractivity contribution >= 4 is 5.82 Å². The van der Waals surface area contributed by atoms with Crippen LogP contribution in [-0.4, -0.2) is 29.1 Å². The van der Waals surface area contributed by atoms with Crippen LogP contribution in [0.25, 0.3) is 0 Å². The molecule has 0 aliphatic carbocycles. The predicted octanol–water partition coefficient (Wildman–Crippen LogP) is 2.55. The largest absolute Gasteiger partial charge is 0.573 e. The number of nitrogens with zero attached hydrogens (tertiary/aromatic N) is 1. The van der Waals surface area contributed by atoms with E-state index in [2.05, 4.69) is 15.0 Å². The van der Waals surface area contributed by atoms with Gasteiger partial charge in [-0.2, -0.15) is 0 Å². The lowest BCUT2D eigenvalue weighted by molar-refractivity contribution is -0.274. The fourth-order valence-corrected chi connectivity index (χ4v) is 1.29. The summed E-state index contributed by atoms with van der Waals surface area (Å²) < 4.78 is 39.3. The minimum Gasteiger partial charge on any atom is -0.404 e. The second kappa shape index (κ2) is 6.44. The summed E-state index contributed by atoms with van der Waals surface area (Å²) in [6.45, 7) is 2.29. The fraction of sp³-hybridized carbons (Fsp3) is 0.545. The number of aliphatic hydroxyl groups excluding tert-OH is 1. The van der Waals surface area contributed by atoms with Gasteiger partial charge >= 0.3 is 6.36 Å². The van der Waals surface area contributed by atoms with Crippen molar-refractivity contribution in [2.24, 2.45) is 0 Å². The standard InChI is InChI=1S/C11H15F3N2O2/c1-8(17)3-2-6-15-10-5-4-9(7-16-10)18-11(12,13)14/h4-5,7-8,17H,2-3,6H2,1H3,(H,15,16). The summed E-state index contributed by atoms with van der Waals surface area (Å²) in [5.74, 6) is 0.118. The van der Waals surface area contributed by atoms with Crippen molar-refractivity contribution in [3.63, 3.8) is 0 Å². The molecule has 0 saturated heterocycles. The van der Waals surface area contributed by atoms with Crippen molar-refractivity contribution in [2.75, 3.05) is 11.9 Å². The zero-order chi connectivity index (χ0) is 13.6. The van der Waals surface area contributed by atoms with Gasteiger partial charge in [0.1, 0.15) is 11.6 Å². The molecule has 0 radical (unpaired) electrons. The molecule has 0 spiro atoms. The highest BCUT2D eigenvalue weighted by Gasteiger charge is 2.31. The van der Waals surface area contributed by atoms with Gasteiger partial charge in [0.2, 0.25) is 0 Å². The Balaban J connectivity index is 2.36. The van der Waals surface area contributed by atoms with Gasteiger partial charge < -0.3 is 15.2 Å². The lowest BCUT2D eigenvalue weighted by Gasteiger charge is -2.10. The van der Waals surface area contributed by atoms with Crippen LogP contribution in [0.1, 0.15) is 19.8 Å². The summed E-state index contributed by atoms with van der Waals surface area (Å²) >= 11 is 0. The van der Waals surface area contributed by atoms with Crippen molar-refractivity contribution in [3.8, 4) is 5.75 Å². The first kappa shape index (κ1) is 14.6. The van der Waals surface area contributed by atoms with Gasteiger partial charge in [0.05, 0.1) is 12.3 Å². The smallest absolute Gasteiger partial charge is 0.404 e. The molecule has 7 heteroatoms. The van der Waals surface area contributed by atoms with Crippen molar-refractivity contribution in [1.82, 2.24) is 4.98 Å². The molecule has 102 valence electrons. The monoisotopic (exact) mass is 264 g/mol. The maximum Gasteiger partial charge on any atom is 0.573 e. The number of nitrogens with one attached hydrogen (secondary N) is 1. The number of anilines is 1. The molecule has 0 fully saturated rings. The zero-order valence-corrected chi connectivity index (χ0v) is 9.87. The third-order valence-corrected chi connectivity index (χ3v) is 2.07. The molecule has 0 aromatic carbocycles. The topological polar surface area (TPSA) is 54.4 Å². The minimum absolute atomic E-state index is 0.350. The van der Waals surface area contributed by atoms with Gasteiger partial charge in [-0.3, -0.25) is 0 Å². The minimum atomic E-state index is -4.70. The van der Waals surface area contributed by atoms with Gasteiger partial charge in [-0.15, -0.1) is 13.2 Å². The van der Waals surface area contributed by atoms with Gasteiger partial charge in [-0.05, 0) is 31.9 Å². The van der Waals surface area contributed by atoms with Gasteiger partial charge in [-0.1, -0.05) is 0 Å². The number of aliphatic hydroxyl groups is 1. The van der Waals surface area contributed by atoms with E-state index in [1.807, 2.05) is 0 Å². The molecule has 2 N–H and O–H groups in total. The predicted molar refractivity (Wildman–Crippen MR) is 60.3 cm³/mol. The molecule has 1 aromatic rings. The highest BCUT2D eigenvalue weighted by molar-refractivity contribution is 5.37. The van der Waals surface area contributed by atoms with E-state index < -0.39 is 6.36 Å². The Labute approximate surface area is 103 Å². The molecule has 0 aliphatic heterocycles. The van der Waals surface area contributed by atoms with Crippen LogP contribution in [0.5, 0.6) is 5.75 Å². The molecular weight excluding hydrogens is 249 g/mol. The highest BCUT2D eigenvalue weighted by atomic mass is 19.4. The second-order valence-electron chi connectivity index (χ2n) is 3.84. The second-order valence-corrected chi connectivity index (χ2v) is 3.84. The van der Waals surface area contributed by atoms with E-state index >= 15 is 0 Å². The third-order valence-electron chi connectivity index (χ3n) is 2.07. The molecule has 1 aromatic heterocycles. The Hall–Kier alpha value is -1.50. The molecule has 1 unspecified atom stereocenters. The Morgan fingerprint density at radius 3 is 2.67 bits per heavy atom. The number of alkyl halides is 3. The molecule has 0 amide bonds. The number of aromatic nitrogens is 1. The molecule has 1 rings (SSSR count). The van der Waals surface area contributed by atoms with Crippen molar-refractivity contribution in [1.29, 1.82) is 0 Å². The van der Waals surface area contributed by atoms with E-state index in [1.54, 1.807) is 6.92 Å². The van der Waals surface area contributed by atoms with Gasteiger partial charge in [0.25, 0.3) is 0 Å². The Bertz CT molecular complexity index is 352. The summed E-state index contributed by atoms with van der Waals surface area (Å²) in [6, 6.07) is 2.60. The molecule has 0 aliphatic rings. The van der Waals surface area contributed by atoms with Crippen LogP contribution in [0, 0.1) is 0 Å². The zero-order valence-electron chi connectivity index (χ0n) is 9.87. The Morgan fingerprint density at radius 1 is 1.44 bits per heavy atom. The first-order valence-corrected chi connectivity index (χ1v) is 5.50. The molecule has 4 nitrogen and oxygen atoms in total. The molecular formula is C11H15F3N2O2. The first-order chi connectivity index (χ1) is 8.37. The number of halogens is 3. The number of rotatable bonds is 6. The normalized spacial score (nSPS) is 13.2. The van der Waals surface area contributed by atoms with Crippen LogP contribution in [0.15, 0.2) is 18.3 Å². The maximum atomic E-state index is 11.9. The first-order valence-electron chi connectivity index (χ1n) is 5.50. The van der Waals surface area contributed by atoms with Crippen LogP contribution < -0.4 is 10.1 Å². The van der Waals surface area contributed by atoms with E-state index in [4.69, 9.17) is 5.11 Å². The Kier molecular flexibility index (Phi) is 5.21. The van der Waals surface area contributed by atoms with Gasteiger partial charge in [0.15, 0.2) is 0 Å². The van der Waals surface area contributed by atoms with E-state index in [0.29, 0.717) is 18.8 Å². The van der Waals surface area contributed by atoms with E-state index in [1.165, 1.54) is 12.1 Å². The molecule has 1 heterocycles.